The van der Waals surface area contributed by atoms with Gasteiger partial charge in [-0.15, -0.1) is 11.3 Å². The van der Waals surface area contributed by atoms with Crippen LogP contribution in [0.4, 0.5) is 0 Å². The van der Waals surface area contributed by atoms with Gasteiger partial charge in [0.2, 0.25) is 0 Å². The molecule has 0 aliphatic carbocycles. The Balaban J connectivity index is 2.02. The Morgan fingerprint density at radius 2 is 2.32 bits per heavy atom. The Morgan fingerprint density at radius 3 is 3.00 bits per heavy atom. The van der Waals surface area contributed by atoms with E-state index in [0.717, 1.165) is 30.3 Å². The van der Waals surface area contributed by atoms with Gasteiger partial charge in [0.1, 0.15) is 0 Å². The minimum absolute atomic E-state index is 0.382. The monoisotopic (exact) mass is 338 g/mol. The van der Waals surface area contributed by atoms with Crippen LogP contribution in [-0.2, 0) is 6.42 Å². The summed E-state index contributed by atoms with van der Waals surface area (Å²) >= 11 is 5.33. The number of thiophene rings is 1. The Bertz CT molecular complexity index is 485. The third kappa shape index (κ3) is 4.71. The number of nitrogens with zero attached hydrogens (tertiary/aromatic N) is 1. The number of aryl methyl sites for hydroxylation is 1. The number of pyridine rings is 1. The van der Waals surface area contributed by atoms with Gasteiger partial charge in [0, 0.05) is 27.8 Å². The molecule has 1 unspecified atom stereocenters. The normalized spacial score (nSPS) is 12.5. The first kappa shape index (κ1) is 14.7. The average molecular weight is 339 g/mol. The fraction of sp³-hybridized carbons (Fsp3) is 0.400. The third-order valence-electron chi connectivity index (χ3n) is 3.03. The van der Waals surface area contributed by atoms with Gasteiger partial charge in [0.25, 0.3) is 0 Å². The van der Waals surface area contributed by atoms with Crippen LogP contribution in [0, 0.1) is 0 Å². The maximum atomic E-state index is 4.27. The highest BCUT2D eigenvalue weighted by atomic mass is 79.9. The summed E-state index contributed by atoms with van der Waals surface area (Å²) in [5.74, 6) is 0. The minimum atomic E-state index is 0.382. The van der Waals surface area contributed by atoms with Crippen molar-refractivity contribution in [2.45, 2.75) is 32.2 Å². The Labute approximate surface area is 127 Å². The maximum Gasteiger partial charge on any atom is 0.0410 e. The zero-order valence-electron chi connectivity index (χ0n) is 11.1. The van der Waals surface area contributed by atoms with E-state index in [0.29, 0.717) is 6.04 Å². The predicted molar refractivity (Wildman–Crippen MR) is 85.6 cm³/mol. The molecule has 19 heavy (non-hydrogen) atoms. The van der Waals surface area contributed by atoms with Crippen molar-refractivity contribution >= 4 is 27.3 Å². The Morgan fingerprint density at radius 1 is 1.42 bits per heavy atom. The minimum Gasteiger partial charge on any atom is -0.310 e. The molecule has 0 aliphatic rings. The summed E-state index contributed by atoms with van der Waals surface area (Å²) in [5, 5.41) is 5.76. The molecule has 2 heterocycles. The summed E-state index contributed by atoms with van der Waals surface area (Å²) in [6.45, 7) is 3.24. The van der Waals surface area contributed by atoms with Gasteiger partial charge in [-0.05, 0) is 64.8 Å². The Kier molecular flexibility index (Phi) is 6.01. The van der Waals surface area contributed by atoms with Crippen molar-refractivity contribution in [3.63, 3.8) is 0 Å². The molecule has 1 N–H and O–H groups in total. The van der Waals surface area contributed by atoms with Crippen LogP contribution in [0.25, 0.3) is 0 Å². The van der Waals surface area contributed by atoms with Crippen LogP contribution in [0.1, 0.15) is 36.2 Å². The average Bonchev–Trinajstić information content (AvgIpc) is 2.92. The summed E-state index contributed by atoms with van der Waals surface area (Å²) in [5.41, 5.74) is 1.26. The molecule has 102 valence electrons. The highest BCUT2D eigenvalue weighted by molar-refractivity contribution is 9.10. The molecular formula is C15H19BrN2S. The third-order valence-corrected chi connectivity index (χ3v) is 4.40. The molecule has 0 spiro atoms. The van der Waals surface area contributed by atoms with Crippen molar-refractivity contribution < 1.29 is 0 Å². The zero-order valence-corrected chi connectivity index (χ0v) is 13.5. The van der Waals surface area contributed by atoms with Crippen LogP contribution < -0.4 is 5.32 Å². The standard InChI is InChI=1S/C15H19BrN2S/c1-2-7-18-15(6-5-14-4-3-8-19-14)12-9-13(16)11-17-10-12/h3-4,8-11,15,18H,2,5-7H2,1H3. The fourth-order valence-corrected chi connectivity index (χ4v) is 3.17. The molecular weight excluding hydrogens is 320 g/mol. The molecule has 0 radical (unpaired) electrons. The smallest absolute Gasteiger partial charge is 0.0410 e. The van der Waals surface area contributed by atoms with E-state index in [1.807, 2.05) is 23.7 Å². The predicted octanol–water partition coefficient (Wildman–Crippen LogP) is 4.58. The molecule has 0 amide bonds. The summed E-state index contributed by atoms with van der Waals surface area (Å²) < 4.78 is 1.05. The highest BCUT2D eigenvalue weighted by Crippen LogP contribution is 2.22. The number of halogens is 1. The van der Waals surface area contributed by atoms with Gasteiger partial charge in [0.15, 0.2) is 0 Å². The van der Waals surface area contributed by atoms with E-state index < -0.39 is 0 Å². The van der Waals surface area contributed by atoms with Gasteiger partial charge in [-0.2, -0.15) is 0 Å². The molecule has 0 aromatic carbocycles. The molecule has 1 atom stereocenters. The molecule has 2 aromatic rings. The number of nitrogens with one attached hydrogen (secondary N) is 1. The van der Waals surface area contributed by atoms with Crippen molar-refractivity contribution in [3.05, 3.63) is 50.9 Å². The van der Waals surface area contributed by atoms with E-state index in [2.05, 4.69) is 56.7 Å². The second kappa shape index (κ2) is 7.78. The fourth-order valence-electron chi connectivity index (χ4n) is 2.07. The van der Waals surface area contributed by atoms with E-state index in [1.165, 1.54) is 10.4 Å². The number of hydrogen-bond donors (Lipinski definition) is 1. The van der Waals surface area contributed by atoms with E-state index in [-0.39, 0.29) is 0 Å². The lowest BCUT2D eigenvalue weighted by Crippen LogP contribution is -2.22. The maximum absolute atomic E-state index is 4.27. The first-order valence-corrected chi connectivity index (χ1v) is 8.33. The van der Waals surface area contributed by atoms with Crippen LogP contribution in [0.2, 0.25) is 0 Å². The van der Waals surface area contributed by atoms with Crippen LogP contribution in [0.5, 0.6) is 0 Å². The molecule has 0 aliphatic heterocycles. The SMILES string of the molecule is CCCNC(CCc1cccs1)c1cncc(Br)c1. The Hall–Kier alpha value is -0.710. The van der Waals surface area contributed by atoms with Gasteiger partial charge in [-0.3, -0.25) is 4.98 Å². The lowest BCUT2D eigenvalue weighted by molar-refractivity contribution is 0.499. The van der Waals surface area contributed by atoms with Gasteiger partial charge in [-0.1, -0.05) is 13.0 Å². The van der Waals surface area contributed by atoms with Crippen molar-refractivity contribution in [1.82, 2.24) is 10.3 Å². The van der Waals surface area contributed by atoms with Crippen molar-refractivity contribution in [1.29, 1.82) is 0 Å². The van der Waals surface area contributed by atoms with E-state index in [4.69, 9.17) is 0 Å². The van der Waals surface area contributed by atoms with Gasteiger partial charge in [0.05, 0.1) is 0 Å². The van der Waals surface area contributed by atoms with Crippen molar-refractivity contribution in [3.8, 4) is 0 Å². The lowest BCUT2D eigenvalue weighted by Gasteiger charge is -2.18. The first-order chi connectivity index (χ1) is 9.29. The van der Waals surface area contributed by atoms with E-state index in [9.17, 15) is 0 Å². The van der Waals surface area contributed by atoms with Crippen LogP contribution >= 0.6 is 27.3 Å². The first-order valence-electron chi connectivity index (χ1n) is 6.66. The molecule has 0 saturated heterocycles. The largest absolute Gasteiger partial charge is 0.310 e. The van der Waals surface area contributed by atoms with Crippen molar-refractivity contribution in [2.24, 2.45) is 0 Å². The molecule has 0 bridgehead atoms. The quantitative estimate of drug-likeness (QED) is 0.799. The van der Waals surface area contributed by atoms with Gasteiger partial charge in [-0.25, -0.2) is 0 Å². The molecule has 2 nitrogen and oxygen atoms in total. The summed E-state index contributed by atoms with van der Waals surface area (Å²) in [6.07, 6.45) is 7.17. The molecule has 2 rings (SSSR count). The second-order valence-corrected chi connectivity index (χ2v) is 6.51. The lowest BCUT2D eigenvalue weighted by atomic mass is 10.0. The van der Waals surface area contributed by atoms with E-state index >= 15 is 0 Å². The van der Waals surface area contributed by atoms with Gasteiger partial charge >= 0.3 is 0 Å². The van der Waals surface area contributed by atoms with Crippen LogP contribution in [0.15, 0.2) is 40.4 Å². The van der Waals surface area contributed by atoms with Crippen LogP contribution in [-0.4, -0.2) is 11.5 Å². The summed E-state index contributed by atoms with van der Waals surface area (Å²) in [4.78, 5) is 5.72. The molecule has 2 aromatic heterocycles. The van der Waals surface area contributed by atoms with Crippen molar-refractivity contribution in [2.75, 3.05) is 6.54 Å². The molecule has 0 fully saturated rings. The highest BCUT2D eigenvalue weighted by Gasteiger charge is 2.11. The van der Waals surface area contributed by atoms with Gasteiger partial charge < -0.3 is 5.32 Å². The molecule has 0 saturated carbocycles. The van der Waals surface area contributed by atoms with Crippen LogP contribution in [0.3, 0.4) is 0 Å². The van der Waals surface area contributed by atoms with E-state index in [1.54, 1.807) is 0 Å². The zero-order chi connectivity index (χ0) is 13.5. The number of hydrogen-bond acceptors (Lipinski definition) is 3. The topological polar surface area (TPSA) is 24.9 Å². The second-order valence-electron chi connectivity index (χ2n) is 4.56. The molecule has 4 heteroatoms. The summed E-state index contributed by atoms with van der Waals surface area (Å²) in [6, 6.07) is 6.87. The number of rotatable bonds is 7. The number of aromatic nitrogens is 1. The summed E-state index contributed by atoms with van der Waals surface area (Å²) in [7, 11) is 0.